The molecule has 1 saturated heterocycles. The van der Waals surface area contributed by atoms with Gasteiger partial charge >= 0.3 is 0 Å². The maximum absolute atomic E-state index is 8.94. The third-order valence-electron chi connectivity index (χ3n) is 2.50. The SMILES string of the molecule is OC[C@H]1CCC2=CCCN21. The Balaban J connectivity index is 2.11. The molecule has 0 saturated carbocycles. The first-order chi connectivity index (χ1) is 4.92. The van der Waals surface area contributed by atoms with Crippen LogP contribution < -0.4 is 0 Å². The lowest BCUT2D eigenvalue weighted by atomic mass is 10.2. The molecule has 1 fully saturated rings. The Bertz CT molecular complexity index is 165. The molecule has 2 heteroatoms. The summed E-state index contributed by atoms with van der Waals surface area (Å²) in [6, 6.07) is 0.439. The number of hydrogen-bond acceptors (Lipinski definition) is 2. The minimum Gasteiger partial charge on any atom is -0.394 e. The highest BCUT2D eigenvalue weighted by Crippen LogP contribution is 2.31. The molecule has 2 rings (SSSR count). The number of allylic oxidation sites excluding steroid dienone is 1. The first-order valence-corrected chi connectivity index (χ1v) is 3.98. The summed E-state index contributed by atoms with van der Waals surface area (Å²) in [5.41, 5.74) is 1.47. The molecule has 2 nitrogen and oxygen atoms in total. The van der Waals surface area contributed by atoms with E-state index >= 15 is 0 Å². The Morgan fingerprint density at radius 3 is 3.40 bits per heavy atom. The number of nitrogens with zero attached hydrogens (tertiary/aromatic N) is 1. The molecule has 2 heterocycles. The van der Waals surface area contributed by atoms with Gasteiger partial charge in [-0.2, -0.15) is 0 Å². The number of hydrogen-bond donors (Lipinski definition) is 1. The van der Waals surface area contributed by atoms with Crippen LogP contribution in [0.1, 0.15) is 19.3 Å². The lowest BCUT2D eigenvalue weighted by Crippen LogP contribution is -2.29. The molecule has 0 bridgehead atoms. The predicted molar refractivity (Wildman–Crippen MR) is 39.5 cm³/mol. The fraction of sp³-hybridized carbons (Fsp3) is 0.750. The topological polar surface area (TPSA) is 23.5 Å². The van der Waals surface area contributed by atoms with Crippen molar-refractivity contribution in [3.8, 4) is 0 Å². The van der Waals surface area contributed by atoms with E-state index in [2.05, 4.69) is 11.0 Å². The minimum absolute atomic E-state index is 0.331. The van der Waals surface area contributed by atoms with Gasteiger partial charge in [0.1, 0.15) is 0 Å². The molecule has 0 spiro atoms. The van der Waals surface area contributed by atoms with Crippen molar-refractivity contribution in [2.75, 3.05) is 13.2 Å². The van der Waals surface area contributed by atoms with Crippen LogP contribution in [-0.2, 0) is 0 Å². The Morgan fingerprint density at radius 1 is 1.70 bits per heavy atom. The van der Waals surface area contributed by atoms with Crippen LogP contribution >= 0.6 is 0 Å². The molecule has 0 unspecified atom stereocenters. The summed E-state index contributed by atoms with van der Waals surface area (Å²) in [7, 11) is 0. The van der Waals surface area contributed by atoms with E-state index < -0.39 is 0 Å². The van der Waals surface area contributed by atoms with Crippen molar-refractivity contribution < 1.29 is 5.11 Å². The third-order valence-corrected chi connectivity index (χ3v) is 2.50. The number of rotatable bonds is 1. The van der Waals surface area contributed by atoms with Gasteiger partial charge in [-0.3, -0.25) is 0 Å². The zero-order valence-corrected chi connectivity index (χ0v) is 6.08. The van der Waals surface area contributed by atoms with Gasteiger partial charge < -0.3 is 10.0 Å². The molecule has 2 aliphatic heterocycles. The van der Waals surface area contributed by atoms with Gasteiger partial charge in [-0.1, -0.05) is 6.08 Å². The smallest absolute Gasteiger partial charge is 0.0635 e. The molecule has 1 atom stereocenters. The quantitative estimate of drug-likeness (QED) is 0.579. The van der Waals surface area contributed by atoms with Gasteiger partial charge in [0.15, 0.2) is 0 Å². The van der Waals surface area contributed by atoms with Gasteiger partial charge in [0.25, 0.3) is 0 Å². The molecule has 0 aliphatic carbocycles. The first-order valence-electron chi connectivity index (χ1n) is 3.98. The summed E-state index contributed by atoms with van der Waals surface area (Å²) in [6.07, 6.45) is 5.83. The zero-order chi connectivity index (χ0) is 6.97. The van der Waals surface area contributed by atoms with E-state index in [1.54, 1.807) is 0 Å². The molecule has 0 radical (unpaired) electrons. The standard InChI is InChI=1S/C8H13NO/c10-6-8-4-3-7-2-1-5-9(7)8/h2,8,10H,1,3-6H2/t8-/m1/s1. The lowest BCUT2D eigenvalue weighted by Gasteiger charge is -2.21. The lowest BCUT2D eigenvalue weighted by molar-refractivity contribution is 0.183. The summed E-state index contributed by atoms with van der Waals surface area (Å²) in [5, 5.41) is 8.94. The van der Waals surface area contributed by atoms with E-state index in [9.17, 15) is 0 Å². The zero-order valence-electron chi connectivity index (χ0n) is 6.08. The Morgan fingerprint density at radius 2 is 2.60 bits per heavy atom. The molecule has 10 heavy (non-hydrogen) atoms. The van der Waals surface area contributed by atoms with Crippen LogP contribution in [0.5, 0.6) is 0 Å². The Hall–Kier alpha value is -0.500. The monoisotopic (exact) mass is 139 g/mol. The summed E-state index contributed by atoms with van der Waals surface area (Å²) in [4.78, 5) is 2.35. The Labute approximate surface area is 61.1 Å². The second-order valence-corrected chi connectivity index (χ2v) is 3.05. The van der Waals surface area contributed by atoms with Crippen molar-refractivity contribution in [2.45, 2.75) is 25.3 Å². The van der Waals surface area contributed by atoms with E-state index in [1.807, 2.05) is 0 Å². The first kappa shape index (κ1) is 6.23. The van der Waals surface area contributed by atoms with E-state index in [1.165, 1.54) is 18.5 Å². The summed E-state index contributed by atoms with van der Waals surface area (Å²) < 4.78 is 0. The summed E-state index contributed by atoms with van der Waals surface area (Å²) in [5.74, 6) is 0. The maximum atomic E-state index is 8.94. The van der Waals surface area contributed by atoms with Gasteiger partial charge in [-0.25, -0.2) is 0 Å². The van der Waals surface area contributed by atoms with Crippen molar-refractivity contribution in [2.24, 2.45) is 0 Å². The highest BCUT2D eigenvalue weighted by Gasteiger charge is 2.28. The molecule has 2 aliphatic rings. The van der Waals surface area contributed by atoms with Crippen LogP contribution in [0.3, 0.4) is 0 Å². The van der Waals surface area contributed by atoms with Crippen LogP contribution in [0.4, 0.5) is 0 Å². The molecular formula is C8H13NO. The highest BCUT2D eigenvalue weighted by molar-refractivity contribution is 5.14. The van der Waals surface area contributed by atoms with Crippen LogP contribution in [0.2, 0.25) is 0 Å². The van der Waals surface area contributed by atoms with E-state index in [0.717, 1.165) is 13.0 Å². The van der Waals surface area contributed by atoms with Crippen LogP contribution in [-0.4, -0.2) is 29.2 Å². The molecule has 56 valence electrons. The molecule has 0 amide bonds. The molecule has 0 aromatic rings. The van der Waals surface area contributed by atoms with E-state index in [4.69, 9.17) is 5.11 Å². The van der Waals surface area contributed by atoms with Gasteiger partial charge in [0.2, 0.25) is 0 Å². The van der Waals surface area contributed by atoms with Crippen LogP contribution in [0.15, 0.2) is 11.8 Å². The Kier molecular flexibility index (Phi) is 1.42. The molecule has 0 aromatic carbocycles. The van der Waals surface area contributed by atoms with Gasteiger partial charge in [0, 0.05) is 12.2 Å². The summed E-state index contributed by atoms with van der Waals surface area (Å²) in [6.45, 7) is 1.47. The molecule has 0 aromatic heterocycles. The maximum Gasteiger partial charge on any atom is 0.0635 e. The number of fused-ring (bicyclic) bond motifs is 1. The van der Waals surface area contributed by atoms with Crippen molar-refractivity contribution in [1.82, 2.24) is 4.90 Å². The predicted octanol–water partition coefficient (Wildman–Crippen LogP) is 0.731. The fourth-order valence-electron chi connectivity index (χ4n) is 1.95. The highest BCUT2D eigenvalue weighted by atomic mass is 16.3. The minimum atomic E-state index is 0.331. The second-order valence-electron chi connectivity index (χ2n) is 3.05. The van der Waals surface area contributed by atoms with Crippen LogP contribution in [0.25, 0.3) is 0 Å². The second kappa shape index (κ2) is 2.27. The van der Waals surface area contributed by atoms with E-state index in [0.29, 0.717) is 12.6 Å². The average Bonchev–Trinajstić information content (AvgIpc) is 2.44. The number of aliphatic hydroxyl groups is 1. The van der Waals surface area contributed by atoms with Crippen molar-refractivity contribution in [3.05, 3.63) is 11.8 Å². The fourth-order valence-corrected chi connectivity index (χ4v) is 1.95. The number of aliphatic hydroxyl groups excluding tert-OH is 1. The van der Waals surface area contributed by atoms with Gasteiger partial charge in [0.05, 0.1) is 12.6 Å². The van der Waals surface area contributed by atoms with Crippen molar-refractivity contribution in [1.29, 1.82) is 0 Å². The normalized spacial score (nSPS) is 30.7. The van der Waals surface area contributed by atoms with E-state index in [-0.39, 0.29) is 0 Å². The molecular weight excluding hydrogens is 126 g/mol. The molecule has 1 N–H and O–H groups in total. The average molecular weight is 139 g/mol. The third kappa shape index (κ3) is 0.754. The largest absolute Gasteiger partial charge is 0.394 e. The van der Waals surface area contributed by atoms with Gasteiger partial charge in [-0.15, -0.1) is 0 Å². The summed E-state index contributed by atoms with van der Waals surface area (Å²) >= 11 is 0. The van der Waals surface area contributed by atoms with Crippen molar-refractivity contribution >= 4 is 0 Å². The van der Waals surface area contributed by atoms with Gasteiger partial charge in [-0.05, 0) is 19.3 Å². The van der Waals surface area contributed by atoms with Crippen LogP contribution in [0, 0.1) is 0 Å². The van der Waals surface area contributed by atoms with Crippen molar-refractivity contribution in [3.63, 3.8) is 0 Å².